The molecule has 0 bridgehead atoms. The molecule has 0 aromatic carbocycles. The average molecular weight is 252 g/mol. The molecular formula is C12H20N4O2. The van der Waals surface area contributed by atoms with Gasteiger partial charge >= 0.3 is 5.97 Å². The van der Waals surface area contributed by atoms with E-state index in [0.29, 0.717) is 18.8 Å². The quantitative estimate of drug-likeness (QED) is 0.776. The summed E-state index contributed by atoms with van der Waals surface area (Å²) < 4.78 is 4.55. The van der Waals surface area contributed by atoms with Gasteiger partial charge in [-0.2, -0.15) is 0 Å². The molecule has 6 heteroatoms. The van der Waals surface area contributed by atoms with Crippen LogP contribution in [-0.4, -0.2) is 35.1 Å². The zero-order valence-corrected chi connectivity index (χ0v) is 11.3. The molecule has 6 nitrogen and oxygen atoms in total. The molecule has 0 aliphatic rings. The molecule has 0 fully saturated rings. The highest BCUT2D eigenvalue weighted by Crippen LogP contribution is 2.14. The van der Waals surface area contributed by atoms with Gasteiger partial charge in [0.2, 0.25) is 0 Å². The van der Waals surface area contributed by atoms with Gasteiger partial charge in [0.15, 0.2) is 0 Å². The SMILES string of the molecule is COC(=O)CCNc1cc(NC(C)(C)C)ncn1. The largest absolute Gasteiger partial charge is 0.469 e. The minimum absolute atomic E-state index is 0.0579. The van der Waals surface area contributed by atoms with E-state index < -0.39 is 0 Å². The fraction of sp³-hybridized carbons (Fsp3) is 0.583. The third-order valence-corrected chi connectivity index (χ3v) is 2.03. The normalized spacial score (nSPS) is 10.9. The molecule has 0 atom stereocenters. The van der Waals surface area contributed by atoms with Crippen LogP contribution >= 0.6 is 0 Å². The lowest BCUT2D eigenvalue weighted by molar-refractivity contribution is -0.140. The van der Waals surface area contributed by atoms with E-state index in [4.69, 9.17) is 0 Å². The number of carbonyl (C=O) groups is 1. The molecular weight excluding hydrogens is 232 g/mol. The molecule has 0 unspecified atom stereocenters. The maximum absolute atomic E-state index is 10.9. The first-order chi connectivity index (χ1) is 8.40. The van der Waals surface area contributed by atoms with Crippen LogP contribution in [0.25, 0.3) is 0 Å². The molecule has 18 heavy (non-hydrogen) atoms. The molecule has 0 amide bonds. The zero-order chi connectivity index (χ0) is 13.6. The molecule has 0 spiro atoms. The Bertz CT molecular complexity index is 401. The topological polar surface area (TPSA) is 76.1 Å². The van der Waals surface area contributed by atoms with Crippen molar-refractivity contribution in [3.63, 3.8) is 0 Å². The highest BCUT2D eigenvalue weighted by molar-refractivity contribution is 5.69. The Morgan fingerprint density at radius 3 is 2.61 bits per heavy atom. The summed E-state index contributed by atoms with van der Waals surface area (Å²) in [7, 11) is 1.37. The van der Waals surface area contributed by atoms with Crippen LogP contribution in [-0.2, 0) is 9.53 Å². The molecule has 0 saturated carbocycles. The number of hydrogen-bond donors (Lipinski definition) is 2. The molecule has 0 aliphatic heterocycles. The van der Waals surface area contributed by atoms with Crippen molar-refractivity contribution in [1.29, 1.82) is 0 Å². The Morgan fingerprint density at radius 1 is 1.33 bits per heavy atom. The number of rotatable bonds is 5. The number of hydrogen-bond acceptors (Lipinski definition) is 6. The van der Waals surface area contributed by atoms with E-state index in [1.165, 1.54) is 13.4 Å². The van der Waals surface area contributed by atoms with Crippen molar-refractivity contribution < 1.29 is 9.53 Å². The van der Waals surface area contributed by atoms with Gasteiger partial charge in [-0.1, -0.05) is 0 Å². The Balaban J connectivity index is 2.52. The summed E-state index contributed by atoms with van der Waals surface area (Å²) in [5, 5.41) is 6.29. The summed E-state index contributed by atoms with van der Waals surface area (Å²) in [4.78, 5) is 19.2. The molecule has 1 heterocycles. The highest BCUT2D eigenvalue weighted by Gasteiger charge is 2.10. The summed E-state index contributed by atoms with van der Waals surface area (Å²) in [6.07, 6.45) is 1.79. The van der Waals surface area contributed by atoms with Gasteiger partial charge in [-0.05, 0) is 20.8 Å². The summed E-state index contributed by atoms with van der Waals surface area (Å²) in [5.41, 5.74) is -0.0579. The van der Waals surface area contributed by atoms with E-state index in [0.717, 1.165) is 5.82 Å². The molecule has 1 rings (SSSR count). The van der Waals surface area contributed by atoms with E-state index >= 15 is 0 Å². The first-order valence-electron chi connectivity index (χ1n) is 5.81. The van der Waals surface area contributed by atoms with Gasteiger partial charge in [0, 0.05) is 18.2 Å². The van der Waals surface area contributed by atoms with E-state index in [1.54, 1.807) is 0 Å². The molecule has 100 valence electrons. The van der Waals surface area contributed by atoms with Crippen LogP contribution in [0.4, 0.5) is 11.6 Å². The predicted molar refractivity (Wildman–Crippen MR) is 70.5 cm³/mol. The third-order valence-electron chi connectivity index (χ3n) is 2.03. The maximum Gasteiger partial charge on any atom is 0.307 e. The number of nitrogens with zero attached hydrogens (tertiary/aromatic N) is 2. The van der Waals surface area contributed by atoms with Gasteiger partial charge < -0.3 is 15.4 Å². The Labute approximate surface area is 107 Å². The number of aromatic nitrogens is 2. The maximum atomic E-state index is 10.9. The van der Waals surface area contributed by atoms with Crippen molar-refractivity contribution in [2.75, 3.05) is 24.3 Å². The second kappa shape index (κ2) is 6.18. The summed E-state index contributed by atoms with van der Waals surface area (Å²) in [6.45, 7) is 6.65. The molecule has 2 N–H and O–H groups in total. The second-order valence-electron chi connectivity index (χ2n) is 4.92. The summed E-state index contributed by atoms with van der Waals surface area (Å²) in [5.74, 6) is 1.18. The number of ether oxygens (including phenoxy) is 1. The second-order valence-corrected chi connectivity index (χ2v) is 4.92. The Morgan fingerprint density at radius 2 is 2.00 bits per heavy atom. The van der Waals surface area contributed by atoms with E-state index in [-0.39, 0.29) is 11.5 Å². The highest BCUT2D eigenvalue weighted by atomic mass is 16.5. The van der Waals surface area contributed by atoms with Crippen molar-refractivity contribution in [3.8, 4) is 0 Å². The molecule has 1 aromatic rings. The van der Waals surface area contributed by atoms with Crippen molar-refractivity contribution in [2.24, 2.45) is 0 Å². The number of esters is 1. The third kappa shape index (κ3) is 5.47. The van der Waals surface area contributed by atoms with Crippen molar-refractivity contribution in [2.45, 2.75) is 32.7 Å². The Kier molecular flexibility index (Phi) is 4.88. The number of methoxy groups -OCH3 is 1. The number of nitrogens with one attached hydrogen (secondary N) is 2. The lowest BCUT2D eigenvalue weighted by Crippen LogP contribution is -2.26. The minimum Gasteiger partial charge on any atom is -0.469 e. The molecule has 0 saturated heterocycles. The van der Waals surface area contributed by atoms with Gasteiger partial charge in [0.1, 0.15) is 18.0 Å². The van der Waals surface area contributed by atoms with Gasteiger partial charge in [0.05, 0.1) is 13.5 Å². The lowest BCUT2D eigenvalue weighted by Gasteiger charge is -2.21. The van der Waals surface area contributed by atoms with Crippen LogP contribution in [0.5, 0.6) is 0 Å². The van der Waals surface area contributed by atoms with Crippen LogP contribution in [0.1, 0.15) is 27.2 Å². The van der Waals surface area contributed by atoms with Crippen LogP contribution in [0.3, 0.4) is 0 Å². The van der Waals surface area contributed by atoms with Gasteiger partial charge in [0.25, 0.3) is 0 Å². The van der Waals surface area contributed by atoms with Gasteiger partial charge in [-0.3, -0.25) is 4.79 Å². The van der Waals surface area contributed by atoms with Gasteiger partial charge in [-0.15, -0.1) is 0 Å². The minimum atomic E-state index is -0.246. The van der Waals surface area contributed by atoms with Crippen LogP contribution < -0.4 is 10.6 Å². The standard InChI is InChI=1S/C12H20N4O2/c1-12(2,3)16-10-7-9(14-8-15-10)13-6-5-11(17)18-4/h7-8H,5-6H2,1-4H3,(H2,13,14,15,16). The molecule has 0 aliphatic carbocycles. The summed E-state index contributed by atoms with van der Waals surface area (Å²) in [6, 6.07) is 1.81. The fourth-order valence-corrected chi connectivity index (χ4v) is 1.30. The van der Waals surface area contributed by atoms with Crippen molar-refractivity contribution in [3.05, 3.63) is 12.4 Å². The number of anilines is 2. The van der Waals surface area contributed by atoms with Crippen molar-refractivity contribution in [1.82, 2.24) is 9.97 Å². The van der Waals surface area contributed by atoms with E-state index in [9.17, 15) is 4.79 Å². The Hall–Kier alpha value is -1.85. The van der Waals surface area contributed by atoms with Crippen LogP contribution in [0, 0.1) is 0 Å². The van der Waals surface area contributed by atoms with Crippen molar-refractivity contribution >= 4 is 17.6 Å². The smallest absolute Gasteiger partial charge is 0.307 e. The molecule has 1 aromatic heterocycles. The predicted octanol–water partition coefficient (Wildman–Crippen LogP) is 1.66. The van der Waals surface area contributed by atoms with E-state index in [1.807, 2.05) is 6.07 Å². The average Bonchev–Trinajstić information content (AvgIpc) is 2.27. The van der Waals surface area contributed by atoms with E-state index in [2.05, 4.69) is 46.1 Å². The fourth-order valence-electron chi connectivity index (χ4n) is 1.30. The monoisotopic (exact) mass is 252 g/mol. The first kappa shape index (κ1) is 14.2. The first-order valence-corrected chi connectivity index (χ1v) is 5.81. The van der Waals surface area contributed by atoms with Gasteiger partial charge in [-0.25, -0.2) is 9.97 Å². The number of carbonyl (C=O) groups excluding carboxylic acids is 1. The lowest BCUT2D eigenvalue weighted by atomic mass is 10.1. The summed E-state index contributed by atoms with van der Waals surface area (Å²) >= 11 is 0. The molecule has 0 radical (unpaired) electrons. The zero-order valence-electron chi connectivity index (χ0n) is 11.3. The van der Waals surface area contributed by atoms with Crippen LogP contribution in [0.2, 0.25) is 0 Å². The van der Waals surface area contributed by atoms with Crippen LogP contribution in [0.15, 0.2) is 12.4 Å².